The van der Waals surface area contributed by atoms with Gasteiger partial charge in [-0.25, -0.2) is 0 Å². The Morgan fingerprint density at radius 1 is 1.11 bits per heavy atom. The summed E-state index contributed by atoms with van der Waals surface area (Å²) in [5.74, 6) is -0.125. The summed E-state index contributed by atoms with van der Waals surface area (Å²) in [5.41, 5.74) is 0. The third kappa shape index (κ3) is 17.6. The van der Waals surface area contributed by atoms with E-state index in [1.165, 1.54) is 13.8 Å². The fourth-order valence-electron chi connectivity index (χ4n) is 0.351. The zero-order valence-electron chi connectivity index (χ0n) is 5.23. The van der Waals surface area contributed by atoms with Gasteiger partial charge in [0, 0.05) is 19.5 Å². The molecule has 0 aromatic carbocycles. The predicted octanol–water partition coefficient (Wildman–Crippen LogP) is -0.364. The monoisotopic (exact) mass is 206 g/mol. The van der Waals surface area contributed by atoms with Gasteiger partial charge in [-0.15, -0.1) is 0 Å². The number of carbonyl (C=O) groups excluding carboxylic acids is 2. The molecule has 0 aromatic rings. The molecule has 0 unspecified atom stereocenters. The topological polar surface area (TPSA) is 34.1 Å². The van der Waals surface area contributed by atoms with Crippen molar-refractivity contribution in [2.45, 2.75) is 20.3 Å². The van der Waals surface area contributed by atoms with Crippen molar-refractivity contribution in [1.82, 2.24) is 0 Å². The van der Waals surface area contributed by atoms with E-state index in [-0.39, 0.29) is 75.2 Å². The fraction of sp³-hybridized carbons (Fsp3) is 0.600. The van der Waals surface area contributed by atoms with Crippen LogP contribution in [0.3, 0.4) is 0 Å². The first-order valence-corrected chi connectivity index (χ1v) is 2.12. The summed E-state index contributed by atoms with van der Waals surface area (Å²) in [4.78, 5) is 20.1. The largest absolute Gasteiger partial charge is 0 e. The van der Waals surface area contributed by atoms with Crippen molar-refractivity contribution in [3.63, 3.8) is 0 Å². The number of Topliss-reactive ketones (excluding diaryl/α,β-unsaturated/α-hetero) is 2. The first kappa shape index (κ1) is 16.7. The molecule has 0 aliphatic heterocycles. The molecule has 2 nitrogen and oxygen atoms in total. The molecule has 0 aromatic heterocycles. The number of hydrogen-bond acceptors (Lipinski definition) is 2. The van der Waals surface area contributed by atoms with Crippen LogP contribution >= 0.6 is 0 Å². The van der Waals surface area contributed by atoms with Crippen LogP contribution in [0.15, 0.2) is 0 Å². The molecular formula is C5H10CaO2Zn. The molecule has 0 N–H and O–H groups in total. The summed E-state index contributed by atoms with van der Waals surface area (Å²) in [5, 5.41) is 0. The second-order valence-corrected chi connectivity index (χ2v) is 1.58. The normalized spacial score (nSPS) is 6.44. The molecule has 0 amide bonds. The summed E-state index contributed by atoms with van der Waals surface area (Å²) < 4.78 is 0. The Morgan fingerprint density at radius 3 is 1.33 bits per heavy atom. The molecule has 0 fully saturated rings. The van der Waals surface area contributed by atoms with Crippen molar-refractivity contribution in [3.8, 4) is 0 Å². The minimum Gasteiger partial charge on any atom is 0 e. The van der Waals surface area contributed by atoms with Gasteiger partial charge >= 0.3 is 37.7 Å². The minimum absolute atomic E-state index is 0. The van der Waals surface area contributed by atoms with Gasteiger partial charge in [0.1, 0.15) is 11.6 Å². The van der Waals surface area contributed by atoms with E-state index in [1.54, 1.807) is 0 Å². The van der Waals surface area contributed by atoms with Gasteiger partial charge in [-0.2, -0.15) is 0 Å². The van der Waals surface area contributed by atoms with Crippen LogP contribution in [-0.2, 0) is 29.1 Å². The van der Waals surface area contributed by atoms with Crippen molar-refractivity contribution in [3.05, 3.63) is 0 Å². The predicted molar refractivity (Wildman–Crippen MR) is 34.5 cm³/mol. The summed E-state index contributed by atoms with van der Waals surface area (Å²) >= 11 is 0. The van der Waals surface area contributed by atoms with Crippen LogP contribution in [-0.4, -0.2) is 49.3 Å². The van der Waals surface area contributed by atoms with Gasteiger partial charge in [-0.1, -0.05) is 0 Å². The molecule has 0 radical (unpaired) electrons. The van der Waals surface area contributed by atoms with E-state index in [0.29, 0.717) is 0 Å². The summed E-state index contributed by atoms with van der Waals surface area (Å²) in [7, 11) is 0. The molecule has 0 bridgehead atoms. The van der Waals surface area contributed by atoms with Crippen LogP contribution in [0.2, 0.25) is 0 Å². The second-order valence-electron chi connectivity index (χ2n) is 1.58. The molecule has 0 atom stereocenters. The van der Waals surface area contributed by atoms with Crippen molar-refractivity contribution in [2.75, 3.05) is 0 Å². The number of hydrogen-bond donors (Lipinski definition) is 0. The zero-order valence-corrected chi connectivity index (χ0v) is 8.20. The van der Waals surface area contributed by atoms with Crippen LogP contribution < -0.4 is 0 Å². The summed E-state index contributed by atoms with van der Waals surface area (Å²) in [6.07, 6.45) is 0.0833. The van der Waals surface area contributed by atoms with Crippen LogP contribution in [0.4, 0.5) is 0 Å². The smallest absolute Gasteiger partial charge is 0 e. The van der Waals surface area contributed by atoms with Crippen molar-refractivity contribution in [1.29, 1.82) is 0 Å². The van der Waals surface area contributed by atoms with Crippen LogP contribution in [0.5, 0.6) is 0 Å². The first-order chi connectivity index (χ1) is 3.13. The standard InChI is InChI=1S/C5H8O2.Ca.Zn.2H/c1-4(6)3-5(2)7;;;;/h3H2,1-2H3;;;;. The van der Waals surface area contributed by atoms with E-state index in [2.05, 4.69) is 0 Å². The van der Waals surface area contributed by atoms with Gasteiger partial charge in [-0.05, 0) is 13.8 Å². The maximum atomic E-state index is 10.0. The van der Waals surface area contributed by atoms with Gasteiger partial charge < -0.3 is 0 Å². The molecule has 4 heteroatoms. The van der Waals surface area contributed by atoms with E-state index >= 15 is 0 Å². The maximum absolute atomic E-state index is 10.0. The van der Waals surface area contributed by atoms with Crippen LogP contribution in [0.1, 0.15) is 20.3 Å². The zero-order chi connectivity index (χ0) is 5.86. The minimum atomic E-state index is -0.0625. The Hall–Kier alpha value is 1.22. The van der Waals surface area contributed by atoms with E-state index in [4.69, 9.17) is 0 Å². The quantitative estimate of drug-likeness (QED) is 0.458. The summed E-state index contributed by atoms with van der Waals surface area (Å²) in [6, 6.07) is 0. The molecule has 46 valence electrons. The van der Waals surface area contributed by atoms with Gasteiger partial charge in [0.25, 0.3) is 0 Å². The molecule has 0 spiro atoms. The number of carbonyl (C=O) groups is 2. The summed E-state index contributed by atoms with van der Waals surface area (Å²) in [6.45, 7) is 2.81. The second kappa shape index (κ2) is 9.22. The van der Waals surface area contributed by atoms with Gasteiger partial charge in [0.05, 0.1) is 6.42 Å². The fourth-order valence-corrected chi connectivity index (χ4v) is 0.351. The Labute approximate surface area is 97.5 Å². The van der Waals surface area contributed by atoms with Gasteiger partial charge in [0.15, 0.2) is 0 Å². The van der Waals surface area contributed by atoms with Crippen LogP contribution in [0, 0.1) is 0 Å². The molecule has 0 aliphatic rings. The third-order valence-electron chi connectivity index (χ3n) is 0.498. The Kier molecular flexibility index (Phi) is 17.1. The Balaban J connectivity index is -0.000000180. The number of rotatable bonds is 2. The molecule has 0 aliphatic carbocycles. The average Bonchev–Trinajstić information content (AvgIpc) is 1.27. The van der Waals surface area contributed by atoms with Gasteiger partial charge in [-0.3, -0.25) is 9.59 Å². The Bertz CT molecular complexity index is 91.1. The van der Waals surface area contributed by atoms with E-state index < -0.39 is 0 Å². The average molecular weight is 208 g/mol. The van der Waals surface area contributed by atoms with Crippen molar-refractivity contribution in [2.24, 2.45) is 0 Å². The molecule has 9 heavy (non-hydrogen) atoms. The molecule has 0 saturated heterocycles. The van der Waals surface area contributed by atoms with E-state index in [1.807, 2.05) is 0 Å². The molecule has 0 rings (SSSR count). The van der Waals surface area contributed by atoms with Crippen molar-refractivity contribution < 1.29 is 29.1 Å². The molecule has 0 heterocycles. The third-order valence-corrected chi connectivity index (χ3v) is 0.498. The van der Waals surface area contributed by atoms with Gasteiger partial charge in [0.2, 0.25) is 0 Å². The maximum Gasteiger partial charge on any atom is 0 e. The van der Waals surface area contributed by atoms with Crippen molar-refractivity contribution >= 4 is 49.3 Å². The Morgan fingerprint density at radius 2 is 1.33 bits per heavy atom. The van der Waals surface area contributed by atoms with E-state index in [9.17, 15) is 9.59 Å². The molecule has 0 saturated carbocycles. The van der Waals surface area contributed by atoms with Crippen LogP contribution in [0.25, 0.3) is 0 Å². The molecular weight excluding hydrogens is 198 g/mol. The van der Waals surface area contributed by atoms with E-state index in [0.717, 1.165) is 0 Å². The first-order valence-electron chi connectivity index (χ1n) is 2.12. The SMILES string of the molecule is CC(=O)CC(C)=O.[CaH2].[Zn]. The number of ketones is 2.